The lowest BCUT2D eigenvalue weighted by Crippen LogP contribution is -2.45. The van der Waals surface area contributed by atoms with Gasteiger partial charge in [-0.1, -0.05) is 20.8 Å². The van der Waals surface area contributed by atoms with E-state index in [0.717, 1.165) is 5.52 Å². The standard InChI is InChI=1S/C19H22N8O2/c1-19(2,3)15(17(21)29)26-13-9-24-14(16(20)28)18(27-13)25-10-7-12-11(23-8-10)5-4-6-22-12/h4-9,15H,1-3H3,(H2,20,28)(H2,21,29)(H2,25,26,27)/t15-/m0/s1. The van der Waals surface area contributed by atoms with Gasteiger partial charge in [-0.2, -0.15) is 0 Å². The number of fused-ring (bicyclic) bond motifs is 1. The Morgan fingerprint density at radius 2 is 1.83 bits per heavy atom. The van der Waals surface area contributed by atoms with Crippen molar-refractivity contribution in [3.63, 3.8) is 0 Å². The summed E-state index contributed by atoms with van der Waals surface area (Å²) in [4.78, 5) is 40.6. The lowest BCUT2D eigenvalue weighted by atomic mass is 9.86. The van der Waals surface area contributed by atoms with Crippen molar-refractivity contribution in [3.8, 4) is 0 Å². The molecule has 2 amide bonds. The van der Waals surface area contributed by atoms with E-state index in [1.54, 1.807) is 24.5 Å². The van der Waals surface area contributed by atoms with Crippen molar-refractivity contribution in [3.05, 3.63) is 42.5 Å². The Bertz CT molecular complexity index is 1080. The number of hydrogen-bond acceptors (Lipinski definition) is 8. The fourth-order valence-corrected chi connectivity index (χ4v) is 2.75. The molecule has 0 bridgehead atoms. The van der Waals surface area contributed by atoms with Crippen LogP contribution in [-0.2, 0) is 4.79 Å². The Hall–Kier alpha value is -3.82. The fraction of sp³-hybridized carbons (Fsp3) is 0.263. The molecule has 0 radical (unpaired) electrons. The van der Waals surface area contributed by atoms with E-state index < -0.39 is 23.3 Å². The number of nitrogens with one attached hydrogen (secondary N) is 2. The quantitative estimate of drug-likeness (QED) is 0.490. The Morgan fingerprint density at radius 3 is 2.48 bits per heavy atom. The number of primary amides is 2. The van der Waals surface area contributed by atoms with Crippen LogP contribution in [0.3, 0.4) is 0 Å². The number of nitrogens with two attached hydrogens (primary N) is 2. The summed E-state index contributed by atoms with van der Waals surface area (Å²) in [7, 11) is 0. The number of carbonyl (C=O) groups is 2. The Labute approximate surface area is 167 Å². The third kappa shape index (κ3) is 4.54. The van der Waals surface area contributed by atoms with Gasteiger partial charge in [0.2, 0.25) is 5.91 Å². The second-order valence-electron chi connectivity index (χ2n) is 7.55. The maximum atomic E-state index is 11.8. The number of carbonyl (C=O) groups excluding carboxylic acids is 2. The van der Waals surface area contributed by atoms with Crippen LogP contribution in [0.25, 0.3) is 11.0 Å². The molecule has 0 fully saturated rings. The first-order chi connectivity index (χ1) is 13.6. The normalized spacial score (nSPS) is 12.4. The SMILES string of the molecule is CC(C)(C)[C@@H](Nc1cnc(C(N)=O)c(Nc2cnc3cccnc3c2)n1)C(N)=O. The summed E-state index contributed by atoms with van der Waals surface area (Å²) in [5, 5.41) is 5.97. The van der Waals surface area contributed by atoms with Crippen molar-refractivity contribution in [1.29, 1.82) is 0 Å². The van der Waals surface area contributed by atoms with Crippen molar-refractivity contribution < 1.29 is 9.59 Å². The van der Waals surface area contributed by atoms with Gasteiger partial charge in [0.05, 0.1) is 29.1 Å². The van der Waals surface area contributed by atoms with Gasteiger partial charge in [0.1, 0.15) is 11.9 Å². The predicted octanol–water partition coefficient (Wildman–Crippen LogP) is 1.57. The first kappa shape index (κ1) is 19.9. The molecule has 0 aliphatic rings. The van der Waals surface area contributed by atoms with Gasteiger partial charge in [-0.3, -0.25) is 19.6 Å². The third-order valence-corrected chi connectivity index (χ3v) is 4.16. The molecule has 10 nitrogen and oxygen atoms in total. The summed E-state index contributed by atoms with van der Waals surface area (Å²) in [6.45, 7) is 5.61. The van der Waals surface area contributed by atoms with Gasteiger partial charge in [0.15, 0.2) is 11.5 Å². The molecule has 3 aromatic rings. The molecule has 6 N–H and O–H groups in total. The van der Waals surface area contributed by atoms with E-state index >= 15 is 0 Å². The predicted molar refractivity (Wildman–Crippen MR) is 109 cm³/mol. The van der Waals surface area contributed by atoms with Gasteiger partial charge in [0.25, 0.3) is 5.91 Å². The second kappa shape index (κ2) is 7.66. The number of amides is 2. The molecule has 10 heteroatoms. The number of hydrogen-bond donors (Lipinski definition) is 4. The smallest absolute Gasteiger partial charge is 0.271 e. The third-order valence-electron chi connectivity index (χ3n) is 4.16. The minimum Gasteiger partial charge on any atom is -0.368 e. The Balaban J connectivity index is 1.96. The molecule has 0 saturated heterocycles. The lowest BCUT2D eigenvalue weighted by molar-refractivity contribution is -0.120. The molecule has 3 aromatic heterocycles. The maximum Gasteiger partial charge on any atom is 0.271 e. The van der Waals surface area contributed by atoms with E-state index in [-0.39, 0.29) is 17.3 Å². The highest BCUT2D eigenvalue weighted by atomic mass is 16.1. The number of pyridine rings is 2. The Kier molecular flexibility index (Phi) is 5.26. The minimum absolute atomic E-state index is 0.0527. The molecule has 3 rings (SSSR count). The zero-order valence-corrected chi connectivity index (χ0v) is 16.3. The molecule has 0 aliphatic carbocycles. The zero-order chi connectivity index (χ0) is 21.2. The fourth-order valence-electron chi connectivity index (χ4n) is 2.75. The van der Waals surface area contributed by atoms with Crippen molar-refractivity contribution >= 4 is 40.2 Å². The highest BCUT2D eigenvalue weighted by molar-refractivity contribution is 5.96. The van der Waals surface area contributed by atoms with Crippen LogP contribution in [0.1, 0.15) is 31.3 Å². The molecular formula is C19H22N8O2. The minimum atomic E-state index is -0.749. The monoisotopic (exact) mass is 394 g/mol. The molecule has 1 atom stereocenters. The van der Waals surface area contributed by atoms with Gasteiger partial charge in [-0.15, -0.1) is 0 Å². The maximum absolute atomic E-state index is 11.8. The van der Waals surface area contributed by atoms with Gasteiger partial charge >= 0.3 is 0 Å². The number of aromatic nitrogens is 4. The van der Waals surface area contributed by atoms with Gasteiger partial charge in [0, 0.05) is 6.20 Å². The Morgan fingerprint density at radius 1 is 1.07 bits per heavy atom. The molecule has 0 saturated carbocycles. The first-order valence-corrected chi connectivity index (χ1v) is 8.85. The lowest BCUT2D eigenvalue weighted by Gasteiger charge is -2.29. The van der Waals surface area contributed by atoms with Crippen LogP contribution in [0.4, 0.5) is 17.3 Å². The van der Waals surface area contributed by atoms with Gasteiger partial charge in [-0.05, 0) is 23.6 Å². The van der Waals surface area contributed by atoms with Crippen molar-refractivity contribution in [2.75, 3.05) is 10.6 Å². The van der Waals surface area contributed by atoms with Crippen LogP contribution in [0.2, 0.25) is 0 Å². The summed E-state index contributed by atoms with van der Waals surface area (Å²) in [5.41, 5.74) is 12.4. The van der Waals surface area contributed by atoms with Crippen LogP contribution < -0.4 is 22.1 Å². The van der Waals surface area contributed by atoms with E-state index in [9.17, 15) is 9.59 Å². The summed E-state index contributed by atoms with van der Waals surface area (Å²) in [6, 6.07) is 4.69. The number of nitrogens with zero attached hydrogens (tertiary/aromatic N) is 4. The van der Waals surface area contributed by atoms with Gasteiger partial charge < -0.3 is 22.1 Å². The highest BCUT2D eigenvalue weighted by Crippen LogP contribution is 2.25. The topological polar surface area (TPSA) is 162 Å². The van der Waals surface area contributed by atoms with E-state index in [1.165, 1.54) is 6.20 Å². The van der Waals surface area contributed by atoms with E-state index in [4.69, 9.17) is 11.5 Å². The van der Waals surface area contributed by atoms with Gasteiger partial charge in [-0.25, -0.2) is 9.97 Å². The highest BCUT2D eigenvalue weighted by Gasteiger charge is 2.30. The summed E-state index contributed by atoms with van der Waals surface area (Å²) < 4.78 is 0. The van der Waals surface area contributed by atoms with Crippen LogP contribution in [0.15, 0.2) is 36.8 Å². The molecule has 29 heavy (non-hydrogen) atoms. The van der Waals surface area contributed by atoms with Crippen molar-refractivity contribution in [2.45, 2.75) is 26.8 Å². The molecule has 0 aromatic carbocycles. The number of anilines is 3. The van der Waals surface area contributed by atoms with Crippen LogP contribution in [-0.4, -0.2) is 37.8 Å². The van der Waals surface area contributed by atoms with E-state index in [1.807, 2.05) is 26.8 Å². The van der Waals surface area contributed by atoms with Crippen molar-refractivity contribution in [1.82, 2.24) is 19.9 Å². The van der Waals surface area contributed by atoms with Crippen LogP contribution in [0.5, 0.6) is 0 Å². The summed E-state index contributed by atoms with van der Waals surface area (Å²) >= 11 is 0. The second-order valence-corrected chi connectivity index (χ2v) is 7.55. The largest absolute Gasteiger partial charge is 0.368 e. The number of rotatable bonds is 6. The molecule has 0 aliphatic heterocycles. The average Bonchev–Trinajstić information content (AvgIpc) is 2.65. The average molecular weight is 394 g/mol. The first-order valence-electron chi connectivity index (χ1n) is 8.85. The summed E-state index contributed by atoms with van der Waals surface area (Å²) in [5.74, 6) is -0.891. The van der Waals surface area contributed by atoms with E-state index in [2.05, 4.69) is 30.6 Å². The van der Waals surface area contributed by atoms with Crippen LogP contribution in [0, 0.1) is 5.41 Å². The molecule has 0 unspecified atom stereocenters. The molecule has 3 heterocycles. The van der Waals surface area contributed by atoms with Crippen LogP contribution >= 0.6 is 0 Å². The summed E-state index contributed by atoms with van der Waals surface area (Å²) in [6.07, 6.45) is 4.56. The molecular weight excluding hydrogens is 372 g/mol. The zero-order valence-electron chi connectivity index (χ0n) is 16.3. The molecule has 150 valence electrons. The molecule has 0 spiro atoms. The van der Waals surface area contributed by atoms with E-state index in [0.29, 0.717) is 11.2 Å². The van der Waals surface area contributed by atoms with Crippen molar-refractivity contribution in [2.24, 2.45) is 16.9 Å².